The summed E-state index contributed by atoms with van der Waals surface area (Å²) in [6, 6.07) is 17.2. The van der Waals surface area contributed by atoms with Crippen LogP contribution in [0.1, 0.15) is 36.9 Å². The number of nitrogens with zero attached hydrogens (tertiary/aromatic N) is 4. The van der Waals surface area contributed by atoms with Crippen molar-refractivity contribution in [2.75, 3.05) is 25.1 Å². The number of methoxy groups -OCH3 is 1. The van der Waals surface area contributed by atoms with Gasteiger partial charge in [0.05, 0.1) is 25.0 Å². The van der Waals surface area contributed by atoms with Crippen LogP contribution in [0.15, 0.2) is 59.4 Å². The van der Waals surface area contributed by atoms with Crippen molar-refractivity contribution in [3.63, 3.8) is 0 Å². The Bertz CT molecular complexity index is 1260. The average Bonchev–Trinajstić information content (AvgIpc) is 3.09. The number of benzene rings is 2. The summed E-state index contributed by atoms with van der Waals surface area (Å²) in [5.74, 6) is 1.76. The third-order valence-electron chi connectivity index (χ3n) is 7.03. The number of aliphatic hydroxyl groups is 1. The summed E-state index contributed by atoms with van der Waals surface area (Å²) >= 11 is 0. The lowest BCUT2D eigenvalue weighted by molar-refractivity contribution is -0.534. The first kappa shape index (κ1) is 24.3. The Hall–Kier alpha value is -2.84. The molecule has 0 spiro atoms. The molecular formula is C26H31BrN4O3. The van der Waals surface area contributed by atoms with Crippen LogP contribution in [0.2, 0.25) is 0 Å². The van der Waals surface area contributed by atoms with E-state index in [4.69, 9.17) is 4.74 Å². The first-order valence-corrected chi connectivity index (χ1v) is 11.6. The molecule has 2 aliphatic heterocycles. The molecule has 2 aromatic carbocycles. The Balaban J connectivity index is 0.00000274. The fourth-order valence-electron chi connectivity index (χ4n) is 5.23. The third-order valence-corrected chi connectivity index (χ3v) is 7.03. The molecule has 5 rings (SSSR count). The molecule has 3 aromatic rings. The second-order valence-electron chi connectivity index (χ2n) is 8.94. The van der Waals surface area contributed by atoms with E-state index in [1.807, 2.05) is 78.2 Å². The van der Waals surface area contributed by atoms with Crippen molar-refractivity contribution in [1.82, 2.24) is 9.36 Å². The number of hydrogen-bond acceptors (Lipinski definition) is 4. The molecule has 0 radical (unpaired) electrons. The van der Waals surface area contributed by atoms with E-state index in [9.17, 15) is 9.90 Å². The molecule has 0 aliphatic carbocycles. The third kappa shape index (κ3) is 3.79. The van der Waals surface area contributed by atoms with Gasteiger partial charge in [-0.3, -0.25) is 14.1 Å². The zero-order valence-electron chi connectivity index (χ0n) is 19.9. The topological polar surface area (TPSA) is 62.6 Å². The molecule has 180 valence electrons. The van der Waals surface area contributed by atoms with Crippen LogP contribution in [0, 0.1) is 6.92 Å². The Kier molecular flexibility index (Phi) is 6.73. The summed E-state index contributed by atoms with van der Waals surface area (Å²) in [6.45, 7) is 3.25. The van der Waals surface area contributed by atoms with Crippen LogP contribution in [-0.4, -0.2) is 45.1 Å². The smallest absolute Gasteiger partial charge is 0.318 e. The molecular weight excluding hydrogens is 496 g/mol. The predicted octanol–water partition coefficient (Wildman–Crippen LogP) is 0.147. The molecule has 0 saturated heterocycles. The quantitative estimate of drug-likeness (QED) is 0.491. The van der Waals surface area contributed by atoms with Crippen molar-refractivity contribution in [1.29, 1.82) is 0 Å². The normalized spacial score (nSPS) is 20.1. The lowest BCUT2D eigenvalue weighted by Gasteiger charge is -2.28. The zero-order chi connectivity index (χ0) is 23.2. The summed E-state index contributed by atoms with van der Waals surface area (Å²) in [7, 11) is 3.52. The summed E-state index contributed by atoms with van der Waals surface area (Å²) in [5, 5.41) is 12.2. The summed E-state index contributed by atoms with van der Waals surface area (Å²) < 4.78 is 11.1. The van der Waals surface area contributed by atoms with E-state index in [2.05, 4.69) is 4.58 Å². The molecule has 1 N–H and O–H groups in total. The number of rotatable bonds is 4. The minimum absolute atomic E-state index is 0. The van der Waals surface area contributed by atoms with Crippen molar-refractivity contribution in [2.24, 2.45) is 7.05 Å². The first-order valence-electron chi connectivity index (χ1n) is 11.6. The number of aromatic nitrogens is 2. The fraction of sp³-hybridized carbons (Fsp3) is 0.385. The lowest BCUT2D eigenvalue weighted by Crippen LogP contribution is -3.00. The highest BCUT2D eigenvalue weighted by Crippen LogP contribution is 2.38. The molecule has 2 aliphatic rings. The zero-order valence-corrected chi connectivity index (χ0v) is 21.5. The summed E-state index contributed by atoms with van der Waals surface area (Å²) in [6.07, 6.45) is 4.10. The van der Waals surface area contributed by atoms with Crippen LogP contribution in [-0.2, 0) is 12.8 Å². The van der Waals surface area contributed by atoms with Crippen molar-refractivity contribution < 1.29 is 31.4 Å². The van der Waals surface area contributed by atoms with E-state index in [0.717, 1.165) is 60.8 Å². The van der Waals surface area contributed by atoms with Gasteiger partial charge in [0.15, 0.2) is 6.54 Å². The standard InChI is InChI=1S/C26H31N4O3.BrH/c1-19-24(25(31)30(27(19)2)21-10-6-4-7-11-21)29-23-12-8-5-9-17-28(23)18-26(29,32)20-13-15-22(33-3)16-14-20;/h4,6-7,10-11,13-16,32H,5,8-9,12,17-18H2,1-3H3;1H/q+1;/p-1. The van der Waals surface area contributed by atoms with Crippen LogP contribution in [0.3, 0.4) is 0 Å². The van der Waals surface area contributed by atoms with Gasteiger partial charge in [-0.2, -0.15) is 4.90 Å². The van der Waals surface area contributed by atoms with Gasteiger partial charge in [-0.05, 0) is 62.6 Å². The predicted molar refractivity (Wildman–Crippen MR) is 129 cm³/mol. The monoisotopic (exact) mass is 526 g/mol. The van der Waals surface area contributed by atoms with Crippen LogP contribution in [0.25, 0.3) is 5.69 Å². The minimum Gasteiger partial charge on any atom is -1.00 e. The number of anilines is 1. The highest BCUT2D eigenvalue weighted by Gasteiger charge is 2.56. The maximum atomic E-state index is 13.9. The maximum Gasteiger partial charge on any atom is 0.318 e. The molecule has 1 aromatic heterocycles. The Morgan fingerprint density at radius 3 is 2.41 bits per heavy atom. The first-order chi connectivity index (χ1) is 16.0. The average molecular weight is 527 g/mol. The highest BCUT2D eigenvalue weighted by molar-refractivity contribution is 5.97. The second kappa shape index (κ2) is 9.43. The largest absolute Gasteiger partial charge is 1.00 e. The molecule has 3 heterocycles. The van der Waals surface area contributed by atoms with E-state index in [1.165, 1.54) is 0 Å². The Morgan fingerprint density at radius 1 is 1.03 bits per heavy atom. The van der Waals surface area contributed by atoms with E-state index >= 15 is 0 Å². The number of halogens is 1. The van der Waals surface area contributed by atoms with Gasteiger partial charge < -0.3 is 26.8 Å². The number of para-hydroxylation sites is 1. The van der Waals surface area contributed by atoms with Crippen molar-refractivity contribution >= 4 is 11.5 Å². The molecule has 0 amide bonds. The van der Waals surface area contributed by atoms with Crippen molar-refractivity contribution in [3.05, 3.63) is 76.2 Å². The van der Waals surface area contributed by atoms with Crippen molar-refractivity contribution in [2.45, 2.75) is 38.3 Å². The molecule has 0 saturated carbocycles. The number of hydrogen-bond donors (Lipinski definition) is 1. The molecule has 0 fully saturated rings. The minimum atomic E-state index is -1.35. The van der Waals surface area contributed by atoms with E-state index in [-0.39, 0.29) is 22.5 Å². The SMILES string of the molecule is COc1ccc(C2(O)C[N+]3=C(CCCCC3)N2c2c(C)n(C)n(-c3ccccc3)c2=O)cc1.[Br-]. The van der Waals surface area contributed by atoms with Crippen LogP contribution < -0.4 is 32.2 Å². The maximum absolute atomic E-state index is 13.9. The molecule has 34 heavy (non-hydrogen) atoms. The number of ether oxygens (including phenoxy) is 1. The van der Waals surface area contributed by atoms with E-state index in [1.54, 1.807) is 11.8 Å². The van der Waals surface area contributed by atoms with Gasteiger partial charge in [-0.1, -0.05) is 18.2 Å². The van der Waals surface area contributed by atoms with Gasteiger partial charge in [-0.25, -0.2) is 4.68 Å². The summed E-state index contributed by atoms with van der Waals surface area (Å²) in [5.41, 5.74) is 1.41. The van der Waals surface area contributed by atoms with Crippen LogP contribution in [0.4, 0.5) is 5.69 Å². The molecule has 8 heteroatoms. The van der Waals surface area contributed by atoms with E-state index in [0.29, 0.717) is 12.2 Å². The van der Waals surface area contributed by atoms with Crippen molar-refractivity contribution in [3.8, 4) is 11.4 Å². The van der Waals surface area contributed by atoms with E-state index < -0.39 is 5.72 Å². The van der Waals surface area contributed by atoms with Gasteiger partial charge >= 0.3 is 5.56 Å². The van der Waals surface area contributed by atoms with Gasteiger partial charge in [0, 0.05) is 19.0 Å². The van der Waals surface area contributed by atoms with Crippen LogP contribution in [0.5, 0.6) is 5.75 Å². The van der Waals surface area contributed by atoms with Gasteiger partial charge in [0.2, 0.25) is 5.69 Å². The molecule has 1 unspecified atom stereocenters. The lowest BCUT2D eigenvalue weighted by atomic mass is 10.00. The Morgan fingerprint density at radius 2 is 1.74 bits per heavy atom. The highest BCUT2D eigenvalue weighted by atomic mass is 79.9. The second-order valence-corrected chi connectivity index (χ2v) is 8.94. The molecule has 0 bridgehead atoms. The Labute approximate surface area is 210 Å². The van der Waals surface area contributed by atoms with Gasteiger partial charge in [0.1, 0.15) is 5.75 Å². The van der Waals surface area contributed by atoms with Gasteiger partial charge in [0.25, 0.3) is 11.6 Å². The van der Waals surface area contributed by atoms with Gasteiger partial charge in [-0.15, -0.1) is 0 Å². The summed E-state index contributed by atoms with van der Waals surface area (Å²) in [4.78, 5) is 15.8. The number of amidine groups is 1. The fourth-order valence-corrected chi connectivity index (χ4v) is 5.23. The molecule has 7 nitrogen and oxygen atoms in total. The molecule has 1 atom stereocenters. The van der Waals surface area contributed by atoms with Crippen LogP contribution >= 0.6 is 0 Å².